The van der Waals surface area contributed by atoms with E-state index in [9.17, 15) is 0 Å². The predicted octanol–water partition coefficient (Wildman–Crippen LogP) is 3.04. The van der Waals surface area contributed by atoms with Crippen molar-refractivity contribution in [1.29, 1.82) is 0 Å². The van der Waals surface area contributed by atoms with E-state index in [1.807, 2.05) is 43.3 Å². The molecule has 0 aliphatic rings. The number of aromatic amines is 1. The number of nitrogens with one attached hydrogen (secondary N) is 1. The van der Waals surface area contributed by atoms with Gasteiger partial charge in [0.25, 0.3) is 0 Å². The summed E-state index contributed by atoms with van der Waals surface area (Å²) in [6.45, 7) is 1.87. The van der Waals surface area contributed by atoms with Crippen LogP contribution in [0.2, 0.25) is 0 Å². The summed E-state index contributed by atoms with van der Waals surface area (Å²) in [7, 11) is 0. The third kappa shape index (κ3) is 1.85. The molecule has 0 aliphatic carbocycles. The molecule has 1 N–H and O–H groups in total. The Hall–Kier alpha value is -2.36. The normalized spacial score (nSPS) is 10.6. The van der Waals surface area contributed by atoms with Gasteiger partial charge in [-0.2, -0.15) is 5.10 Å². The highest BCUT2D eigenvalue weighted by molar-refractivity contribution is 5.64. The standard InChI is InChI=1S/C13H11N3O/c1-9-8-14-13(17-9)12-7-11(15-16-12)10-5-3-2-4-6-10/h2-8H,1H3,(H,15,16). The van der Waals surface area contributed by atoms with Crippen molar-refractivity contribution in [3.05, 3.63) is 48.4 Å². The molecule has 0 aliphatic heterocycles. The first-order valence-electron chi connectivity index (χ1n) is 5.36. The fourth-order valence-electron chi connectivity index (χ4n) is 1.67. The lowest BCUT2D eigenvalue weighted by molar-refractivity contribution is 0.540. The summed E-state index contributed by atoms with van der Waals surface area (Å²) in [6, 6.07) is 11.9. The summed E-state index contributed by atoms with van der Waals surface area (Å²) >= 11 is 0. The molecular formula is C13H11N3O. The highest BCUT2D eigenvalue weighted by atomic mass is 16.4. The van der Waals surface area contributed by atoms with Crippen molar-refractivity contribution in [2.24, 2.45) is 0 Å². The molecule has 0 amide bonds. The highest BCUT2D eigenvalue weighted by Crippen LogP contribution is 2.22. The molecule has 0 saturated heterocycles. The molecule has 0 spiro atoms. The number of hydrogen-bond donors (Lipinski definition) is 1. The number of rotatable bonds is 2. The Morgan fingerprint density at radius 2 is 2.00 bits per heavy atom. The minimum Gasteiger partial charge on any atom is -0.440 e. The van der Waals surface area contributed by atoms with Gasteiger partial charge in [0.2, 0.25) is 5.89 Å². The van der Waals surface area contributed by atoms with E-state index in [4.69, 9.17) is 4.42 Å². The quantitative estimate of drug-likeness (QED) is 0.729. The second-order valence-electron chi connectivity index (χ2n) is 3.81. The first-order chi connectivity index (χ1) is 8.33. The summed E-state index contributed by atoms with van der Waals surface area (Å²) in [6.07, 6.45) is 1.69. The molecule has 4 heteroatoms. The first kappa shape index (κ1) is 9.84. The second-order valence-corrected chi connectivity index (χ2v) is 3.81. The van der Waals surface area contributed by atoms with Crippen molar-refractivity contribution in [3.8, 4) is 22.8 Å². The highest BCUT2D eigenvalue weighted by Gasteiger charge is 2.09. The van der Waals surface area contributed by atoms with E-state index in [0.29, 0.717) is 5.89 Å². The average molecular weight is 225 g/mol. The average Bonchev–Trinajstić information content (AvgIpc) is 2.98. The van der Waals surface area contributed by atoms with Gasteiger partial charge in [-0.15, -0.1) is 0 Å². The van der Waals surface area contributed by atoms with Crippen LogP contribution in [0.15, 0.2) is 47.0 Å². The smallest absolute Gasteiger partial charge is 0.244 e. The molecule has 3 aromatic rings. The molecule has 0 unspecified atom stereocenters. The van der Waals surface area contributed by atoms with Gasteiger partial charge in [0.1, 0.15) is 11.5 Å². The van der Waals surface area contributed by atoms with Gasteiger partial charge in [-0.25, -0.2) is 4.98 Å². The lowest BCUT2D eigenvalue weighted by atomic mass is 10.1. The van der Waals surface area contributed by atoms with Crippen LogP contribution in [0.25, 0.3) is 22.8 Å². The number of oxazole rings is 1. The fourth-order valence-corrected chi connectivity index (χ4v) is 1.67. The molecule has 0 saturated carbocycles. The van der Waals surface area contributed by atoms with Gasteiger partial charge in [0.15, 0.2) is 0 Å². The minimum absolute atomic E-state index is 0.567. The van der Waals surface area contributed by atoms with Gasteiger partial charge >= 0.3 is 0 Å². The summed E-state index contributed by atoms with van der Waals surface area (Å²) in [5, 5.41) is 7.17. The summed E-state index contributed by atoms with van der Waals surface area (Å²) in [4.78, 5) is 4.16. The Balaban J connectivity index is 1.99. The van der Waals surface area contributed by atoms with Crippen LogP contribution in [0.3, 0.4) is 0 Å². The van der Waals surface area contributed by atoms with Gasteiger partial charge in [0, 0.05) is 5.56 Å². The molecule has 0 bridgehead atoms. The summed E-state index contributed by atoms with van der Waals surface area (Å²) in [5.41, 5.74) is 2.74. The maximum atomic E-state index is 5.44. The zero-order chi connectivity index (χ0) is 11.7. The molecule has 17 heavy (non-hydrogen) atoms. The Bertz CT molecular complexity index is 625. The zero-order valence-corrected chi connectivity index (χ0v) is 9.34. The maximum absolute atomic E-state index is 5.44. The van der Waals surface area contributed by atoms with Crippen molar-refractivity contribution in [1.82, 2.24) is 15.2 Å². The molecule has 0 fully saturated rings. The Kier molecular flexibility index (Phi) is 2.26. The Morgan fingerprint density at radius 3 is 2.71 bits per heavy atom. The van der Waals surface area contributed by atoms with E-state index in [-0.39, 0.29) is 0 Å². The van der Waals surface area contributed by atoms with E-state index < -0.39 is 0 Å². The summed E-state index contributed by atoms with van der Waals surface area (Å²) in [5.74, 6) is 1.35. The van der Waals surface area contributed by atoms with Gasteiger partial charge < -0.3 is 4.42 Å². The van der Waals surface area contributed by atoms with Crippen molar-refractivity contribution < 1.29 is 4.42 Å². The van der Waals surface area contributed by atoms with Crippen LogP contribution in [0.4, 0.5) is 0 Å². The minimum atomic E-state index is 0.567. The second kappa shape index (κ2) is 3.90. The van der Waals surface area contributed by atoms with Crippen LogP contribution in [0.1, 0.15) is 5.76 Å². The number of hydrogen-bond acceptors (Lipinski definition) is 3. The maximum Gasteiger partial charge on any atom is 0.244 e. The zero-order valence-electron chi connectivity index (χ0n) is 9.34. The van der Waals surface area contributed by atoms with E-state index in [1.165, 1.54) is 0 Å². The molecule has 1 aromatic carbocycles. The van der Waals surface area contributed by atoms with E-state index >= 15 is 0 Å². The van der Waals surface area contributed by atoms with Gasteiger partial charge in [-0.3, -0.25) is 5.10 Å². The number of aryl methyl sites for hydroxylation is 1. The lowest BCUT2D eigenvalue weighted by Gasteiger charge is -1.92. The Labute approximate surface area is 98.3 Å². The third-order valence-electron chi connectivity index (χ3n) is 2.50. The predicted molar refractivity (Wildman–Crippen MR) is 64.3 cm³/mol. The molecular weight excluding hydrogens is 214 g/mol. The monoisotopic (exact) mass is 225 g/mol. The largest absolute Gasteiger partial charge is 0.440 e. The van der Waals surface area contributed by atoms with Crippen LogP contribution >= 0.6 is 0 Å². The van der Waals surface area contributed by atoms with Crippen LogP contribution in [-0.2, 0) is 0 Å². The first-order valence-corrected chi connectivity index (χ1v) is 5.36. The van der Waals surface area contributed by atoms with Crippen LogP contribution < -0.4 is 0 Å². The number of H-pyrrole nitrogens is 1. The van der Waals surface area contributed by atoms with Gasteiger partial charge in [-0.05, 0) is 13.0 Å². The number of aromatic nitrogens is 3. The molecule has 0 radical (unpaired) electrons. The third-order valence-corrected chi connectivity index (χ3v) is 2.50. The molecule has 84 valence electrons. The van der Waals surface area contributed by atoms with Crippen LogP contribution in [0.5, 0.6) is 0 Å². The van der Waals surface area contributed by atoms with Crippen LogP contribution in [-0.4, -0.2) is 15.2 Å². The molecule has 2 heterocycles. The van der Waals surface area contributed by atoms with E-state index in [0.717, 1.165) is 22.7 Å². The summed E-state index contributed by atoms with van der Waals surface area (Å²) < 4.78 is 5.44. The van der Waals surface area contributed by atoms with Crippen molar-refractivity contribution in [2.45, 2.75) is 6.92 Å². The molecule has 3 rings (SSSR count). The fraction of sp³-hybridized carbons (Fsp3) is 0.0769. The number of benzene rings is 1. The van der Waals surface area contributed by atoms with Crippen molar-refractivity contribution >= 4 is 0 Å². The van der Waals surface area contributed by atoms with Gasteiger partial charge in [-0.1, -0.05) is 30.3 Å². The Morgan fingerprint density at radius 1 is 1.18 bits per heavy atom. The van der Waals surface area contributed by atoms with Crippen molar-refractivity contribution in [3.63, 3.8) is 0 Å². The topological polar surface area (TPSA) is 54.7 Å². The lowest BCUT2D eigenvalue weighted by Crippen LogP contribution is -1.76. The SMILES string of the molecule is Cc1cnc(-c2cc(-c3ccccc3)n[nH]2)o1. The molecule has 2 aromatic heterocycles. The van der Waals surface area contributed by atoms with Crippen LogP contribution in [0, 0.1) is 6.92 Å². The van der Waals surface area contributed by atoms with E-state index in [1.54, 1.807) is 6.20 Å². The van der Waals surface area contributed by atoms with Gasteiger partial charge in [0.05, 0.1) is 11.9 Å². The van der Waals surface area contributed by atoms with E-state index in [2.05, 4.69) is 15.2 Å². The molecule has 4 nitrogen and oxygen atoms in total. The number of nitrogens with zero attached hydrogens (tertiary/aromatic N) is 2. The molecule has 0 atom stereocenters. The van der Waals surface area contributed by atoms with Crippen molar-refractivity contribution in [2.75, 3.05) is 0 Å².